The van der Waals surface area contributed by atoms with Gasteiger partial charge in [0.2, 0.25) is 0 Å². The Morgan fingerprint density at radius 2 is 1.73 bits per heavy atom. The topological polar surface area (TPSA) is 80.0 Å². The van der Waals surface area contributed by atoms with E-state index in [4.69, 9.17) is 16.3 Å². The third-order valence-electron chi connectivity index (χ3n) is 6.27. The van der Waals surface area contributed by atoms with Crippen LogP contribution in [0.5, 0.6) is 5.75 Å². The van der Waals surface area contributed by atoms with E-state index in [1.807, 2.05) is 53.1 Å². The number of carbonyl (C=O) groups is 1. The molecule has 33 heavy (non-hydrogen) atoms. The number of carbonyl (C=O) groups excluding carboxylic acids is 1. The van der Waals surface area contributed by atoms with E-state index < -0.39 is 5.60 Å². The van der Waals surface area contributed by atoms with Crippen LogP contribution in [0.2, 0.25) is 5.02 Å². The van der Waals surface area contributed by atoms with Crippen LogP contribution in [-0.2, 0) is 5.60 Å². The van der Waals surface area contributed by atoms with Crippen LogP contribution in [0.25, 0.3) is 17.0 Å². The lowest BCUT2D eigenvalue weighted by Gasteiger charge is -2.38. The van der Waals surface area contributed by atoms with Crippen molar-refractivity contribution in [2.75, 3.05) is 20.2 Å². The van der Waals surface area contributed by atoms with Gasteiger partial charge in [-0.25, -0.2) is 0 Å². The van der Waals surface area contributed by atoms with Gasteiger partial charge in [0.05, 0.1) is 18.3 Å². The van der Waals surface area contributed by atoms with Crippen LogP contribution in [0.4, 0.5) is 0 Å². The highest BCUT2D eigenvalue weighted by atomic mass is 35.5. The van der Waals surface area contributed by atoms with Crippen LogP contribution in [-0.4, -0.2) is 50.7 Å². The molecule has 1 aliphatic rings. The first kappa shape index (κ1) is 21.4. The zero-order valence-electron chi connectivity index (χ0n) is 18.1. The predicted molar refractivity (Wildman–Crippen MR) is 125 cm³/mol. The number of amides is 1. The molecule has 7 nitrogen and oxygen atoms in total. The van der Waals surface area contributed by atoms with Crippen LogP contribution in [0.3, 0.4) is 0 Å². The molecular formula is C25H23ClN4O3. The zero-order valence-corrected chi connectivity index (χ0v) is 18.9. The van der Waals surface area contributed by atoms with Gasteiger partial charge in [0, 0.05) is 29.9 Å². The number of piperidine rings is 1. The fourth-order valence-electron chi connectivity index (χ4n) is 4.32. The summed E-state index contributed by atoms with van der Waals surface area (Å²) in [6.07, 6.45) is 2.75. The molecule has 8 heteroatoms. The van der Waals surface area contributed by atoms with E-state index >= 15 is 0 Å². The summed E-state index contributed by atoms with van der Waals surface area (Å²) in [5.41, 5.74) is 1.72. The molecule has 1 N–H and O–H groups in total. The molecule has 1 aliphatic heterocycles. The Bertz CT molecular complexity index is 1290. The van der Waals surface area contributed by atoms with Crippen molar-refractivity contribution in [2.24, 2.45) is 0 Å². The van der Waals surface area contributed by atoms with Gasteiger partial charge in [-0.2, -0.15) is 0 Å². The van der Waals surface area contributed by atoms with Crippen molar-refractivity contribution in [2.45, 2.75) is 18.4 Å². The molecule has 0 unspecified atom stereocenters. The highest BCUT2D eigenvalue weighted by Crippen LogP contribution is 2.34. The molecular weight excluding hydrogens is 440 g/mol. The predicted octanol–water partition coefficient (Wildman–Crippen LogP) is 4.18. The average molecular weight is 463 g/mol. The van der Waals surface area contributed by atoms with Gasteiger partial charge in [0.25, 0.3) is 5.91 Å². The van der Waals surface area contributed by atoms with Gasteiger partial charge in [-0.3, -0.25) is 9.20 Å². The Morgan fingerprint density at radius 1 is 1.03 bits per heavy atom. The number of methoxy groups -OCH3 is 1. The van der Waals surface area contributed by atoms with E-state index in [9.17, 15) is 9.90 Å². The summed E-state index contributed by atoms with van der Waals surface area (Å²) in [5.74, 6) is 1.29. The zero-order chi connectivity index (χ0) is 23.0. The number of rotatable bonds is 4. The number of nitrogens with zero attached hydrogens (tertiary/aromatic N) is 4. The smallest absolute Gasteiger partial charge is 0.257 e. The minimum Gasteiger partial charge on any atom is -0.497 e. The number of aromatic nitrogens is 3. The summed E-state index contributed by atoms with van der Waals surface area (Å²) in [6.45, 7) is 0.886. The molecule has 168 valence electrons. The number of benzene rings is 2. The molecule has 1 saturated heterocycles. The molecule has 0 aliphatic carbocycles. The number of likely N-dealkylation sites (tertiary alicyclic amines) is 1. The molecule has 2 aromatic heterocycles. The second-order valence-electron chi connectivity index (χ2n) is 8.20. The SMILES string of the molecule is COc1ccc(-c2nnc3c(C(=O)N4CCC(O)(c5ccc(Cl)cc5)CC4)cccn23)cc1. The molecule has 3 heterocycles. The van der Waals surface area contributed by atoms with Crippen molar-refractivity contribution in [3.8, 4) is 17.1 Å². The van der Waals surface area contributed by atoms with Crippen molar-refractivity contribution in [3.05, 3.63) is 83.0 Å². The molecule has 0 spiro atoms. The van der Waals surface area contributed by atoms with Crippen molar-refractivity contribution in [1.82, 2.24) is 19.5 Å². The van der Waals surface area contributed by atoms with Gasteiger partial charge >= 0.3 is 0 Å². The Kier molecular flexibility index (Phi) is 5.52. The highest BCUT2D eigenvalue weighted by Gasteiger charge is 2.36. The van der Waals surface area contributed by atoms with Crippen molar-refractivity contribution in [1.29, 1.82) is 0 Å². The summed E-state index contributed by atoms with van der Waals surface area (Å²) in [5, 5.41) is 20.4. The Balaban J connectivity index is 1.38. The Morgan fingerprint density at radius 3 is 2.39 bits per heavy atom. The fourth-order valence-corrected chi connectivity index (χ4v) is 4.44. The van der Waals surface area contributed by atoms with Gasteiger partial charge in [-0.05, 0) is 66.9 Å². The third-order valence-corrected chi connectivity index (χ3v) is 6.52. The van der Waals surface area contributed by atoms with E-state index in [0.717, 1.165) is 16.9 Å². The quantitative estimate of drug-likeness (QED) is 0.492. The summed E-state index contributed by atoms with van der Waals surface area (Å²) < 4.78 is 7.05. The number of pyridine rings is 1. The summed E-state index contributed by atoms with van der Waals surface area (Å²) in [6, 6.07) is 18.4. The Labute approximate surface area is 196 Å². The number of hydrogen-bond donors (Lipinski definition) is 1. The summed E-state index contributed by atoms with van der Waals surface area (Å²) in [4.78, 5) is 15.1. The van der Waals surface area contributed by atoms with Crippen LogP contribution >= 0.6 is 11.6 Å². The molecule has 0 atom stereocenters. The summed E-state index contributed by atoms with van der Waals surface area (Å²) >= 11 is 5.98. The van der Waals surface area contributed by atoms with Crippen molar-refractivity contribution < 1.29 is 14.6 Å². The van der Waals surface area contributed by atoms with Crippen LogP contribution < -0.4 is 4.74 Å². The first-order valence-corrected chi connectivity index (χ1v) is 11.1. The molecule has 0 saturated carbocycles. The maximum absolute atomic E-state index is 13.4. The van der Waals surface area contributed by atoms with Gasteiger partial charge in [-0.15, -0.1) is 10.2 Å². The van der Waals surface area contributed by atoms with Crippen molar-refractivity contribution in [3.63, 3.8) is 0 Å². The fraction of sp³-hybridized carbons (Fsp3) is 0.240. The van der Waals surface area contributed by atoms with Crippen LogP contribution in [0, 0.1) is 0 Å². The van der Waals surface area contributed by atoms with Gasteiger partial charge < -0.3 is 14.7 Å². The van der Waals surface area contributed by atoms with E-state index in [-0.39, 0.29) is 5.91 Å². The maximum atomic E-state index is 13.4. The normalized spacial score (nSPS) is 15.5. The first-order valence-electron chi connectivity index (χ1n) is 10.7. The minimum absolute atomic E-state index is 0.118. The largest absolute Gasteiger partial charge is 0.497 e. The second kappa shape index (κ2) is 8.50. The highest BCUT2D eigenvalue weighted by molar-refractivity contribution is 6.30. The molecule has 2 aromatic carbocycles. The molecule has 1 fully saturated rings. The van der Waals surface area contributed by atoms with E-state index in [1.165, 1.54) is 0 Å². The number of hydrogen-bond acceptors (Lipinski definition) is 5. The minimum atomic E-state index is -0.968. The van der Waals surface area contributed by atoms with Crippen molar-refractivity contribution >= 4 is 23.2 Å². The van der Waals surface area contributed by atoms with E-state index in [2.05, 4.69) is 10.2 Å². The van der Waals surface area contributed by atoms with E-state index in [0.29, 0.717) is 48.0 Å². The lowest BCUT2D eigenvalue weighted by atomic mass is 9.84. The third kappa shape index (κ3) is 3.94. The second-order valence-corrected chi connectivity index (χ2v) is 8.63. The van der Waals surface area contributed by atoms with Gasteiger partial charge in [0.15, 0.2) is 11.5 Å². The Hall–Kier alpha value is -3.42. The lowest BCUT2D eigenvalue weighted by molar-refractivity contribution is -0.0211. The van der Waals surface area contributed by atoms with E-state index in [1.54, 1.807) is 30.2 Å². The monoisotopic (exact) mass is 462 g/mol. The molecule has 4 aromatic rings. The lowest BCUT2D eigenvalue weighted by Crippen LogP contribution is -2.45. The first-order chi connectivity index (χ1) is 16.0. The van der Waals surface area contributed by atoms with Gasteiger partial charge in [0.1, 0.15) is 5.75 Å². The molecule has 5 rings (SSSR count). The average Bonchev–Trinajstić information content (AvgIpc) is 3.29. The molecule has 0 bridgehead atoms. The number of ether oxygens (including phenoxy) is 1. The van der Waals surface area contributed by atoms with Crippen LogP contribution in [0.1, 0.15) is 28.8 Å². The van der Waals surface area contributed by atoms with Gasteiger partial charge in [-0.1, -0.05) is 23.7 Å². The molecule has 1 amide bonds. The molecule has 0 radical (unpaired) electrons. The van der Waals surface area contributed by atoms with Crippen LogP contribution in [0.15, 0.2) is 66.9 Å². The summed E-state index contributed by atoms with van der Waals surface area (Å²) in [7, 11) is 1.62. The number of halogens is 1. The maximum Gasteiger partial charge on any atom is 0.257 e. The number of aliphatic hydroxyl groups is 1. The standard InChI is InChI=1S/C25H23ClN4O3/c1-33-20-10-4-17(5-11-20)22-27-28-23-21(3-2-14-30(22)23)24(31)29-15-12-25(32,13-16-29)18-6-8-19(26)9-7-18/h2-11,14,32H,12-13,15-16H2,1H3. The number of fused-ring (bicyclic) bond motifs is 1.